The second kappa shape index (κ2) is 6.70. The van der Waals surface area contributed by atoms with Crippen LogP contribution in [0.15, 0.2) is 50.5 Å². The van der Waals surface area contributed by atoms with Gasteiger partial charge >= 0.3 is 6.18 Å². The third kappa shape index (κ3) is 4.01. The molecule has 0 aromatic heterocycles. The van der Waals surface area contributed by atoms with Gasteiger partial charge in [0.2, 0.25) is 0 Å². The Morgan fingerprint density at radius 2 is 1.68 bits per heavy atom. The van der Waals surface area contributed by atoms with Crippen LogP contribution in [0.3, 0.4) is 0 Å². The molecule has 3 nitrogen and oxygen atoms in total. The maximum atomic E-state index is 12.8. The van der Waals surface area contributed by atoms with Crippen LogP contribution in [0.1, 0.15) is 11.1 Å². The molecular weight excluding hydrogens is 431 g/mol. The molecule has 22 heavy (non-hydrogen) atoms. The van der Waals surface area contributed by atoms with E-state index in [2.05, 4.69) is 37.0 Å². The molecule has 0 saturated heterocycles. The summed E-state index contributed by atoms with van der Waals surface area (Å²) in [6.07, 6.45) is -3.28. The van der Waals surface area contributed by atoms with Crippen LogP contribution in [-0.2, 0) is 6.18 Å². The van der Waals surface area contributed by atoms with E-state index in [1.54, 1.807) is 12.1 Å². The standard InChI is InChI=1S/C14H8Br2F3NO2/c15-10-5-8(6-11(16)13(10)21)7-20-22-12-4-2-1-3-9(12)14(17,18)19/h1-7,21H/b20-7+. The summed E-state index contributed by atoms with van der Waals surface area (Å²) in [5.74, 6) is -0.372. The number of hydrogen-bond donors (Lipinski definition) is 1. The smallest absolute Gasteiger partial charge is 0.420 e. The first-order valence-corrected chi connectivity index (χ1v) is 7.42. The molecule has 1 N–H and O–H groups in total. The Morgan fingerprint density at radius 1 is 1.09 bits per heavy atom. The highest BCUT2D eigenvalue weighted by molar-refractivity contribution is 9.11. The molecule has 2 aromatic carbocycles. The van der Waals surface area contributed by atoms with Crippen molar-refractivity contribution in [1.82, 2.24) is 0 Å². The third-order valence-electron chi connectivity index (χ3n) is 2.58. The van der Waals surface area contributed by atoms with Crippen LogP contribution in [0, 0.1) is 0 Å². The van der Waals surface area contributed by atoms with E-state index in [0.717, 1.165) is 6.07 Å². The second-order valence-electron chi connectivity index (χ2n) is 4.15. The van der Waals surface area contributed by atoms with Crippen molar-refractivity contribution in [3.05, 3.63) is 56.5 Å². The summed E-state index contributed by atoms with van der Waals surface area (Å²) in [7, 11) is 0. The van der Waals surface area contributed by atoms with E-state index in [1.807, 2.05) is 0 Å². The summed E-state index contributed by atoms with van der Waals surface area (Å²) in [4.78, 5) is 4.83. The number of oxime groups is 1. The zero-order valence-electron chi connectivity index (χ0n) is 10.7. The fourth-order valence-electron chi connectivity index (χ4n) is 1.58. The molecule has 0 aliphatic rings. The van der Waals surface area contributed by atoms with E-state index in [9.17, 15) is 18.3 Å². The van der Waals surface area contributed by atoms with Crippen LogP contribution in [0.4, 0.5) is 13.2 Å². The Labute approximate surface area is 140 Å². The number of alkyl halides is 3. The van der Waals surface area contributed by atoms with Gasteiger partial charge in [0.1, 0.15) is 11.3 Å². The van der Waals surface area contributed by atoms with Crippen molar-refractivity contribution in [2.75, 3.05) is 0 Å². The molecular formula is C14H8Br2F3NO2. The lowest BCUT2D eigenvalue weighted by Crippen LogP contribution is -2.06. The van der Waals surface area contributed by atoms with Gasteiger partial charge in [-0.15, -0.1) is 0 Å². The van der Waals surface area contributed by atoms with Gasteiger partial charge in [-0.3, -0.25) is 0 Å². The molecule has 0 fully saturated rings. The summed E-state index contributed by atoms with van der Waals surface area (Å²) in [5, 5.41) is 13.1. The number of phenols is 1. The van der Waals surface area contributed by atoms with E-state index in [4.69, 9.17) is 4.84 Å². The SMILES string of the molecule is Oc1c(Br)cc(/C=N/Oc2ccccc2C(F)(F)F)cc1Br. The minimum Gasteiger partial charge on any atom is -0.506 e. The zero-order valence-corrected chi connectivity index (χ0v) is 13.9. The molecule has 0 spiro atoms. The number of aromatic hydroxyl groups is 1. The highest BCUT2D eigenvalue weighted by atomic mass is 79.9. The van der Waals surface area contributed by atoms with Crippen LogP contribution < -0.4 is 4.84 Å². The fourth-order valence-corrected chi connectivity index (χ4v) is 2.81. The number of phenolic OH excluding ortho intramolecular Hbond substituents is 1. The molecule has 0 saturated carbocycles. The number of halogens is 5. The lowest BCUT2D eigenvalue weighted by molar-refractivity contribution is -0.138. The summed E-state index contributed by atoms with van der Waals surface area (Å²) in [6.45, 7) is 0. The van der Waals surface area contributed by atoms with Gasteiger partial charge in [-0.2, -0.15) is 13.2 Å². The van der Waals surface area contributed by atoms with Gasteiger partial charge in [0.15, 0.2) is 5.75 Å². The number of benzene rings is 2. The van der Waals surface area contributed by atoms with Crippen molar-refractivity contribution in [1.29, 1.82) is 0 Å². The first-order chi connectivity index (χ1) is 10.3. The molecule has 116 valence electrons. The number of rotatable bonds is 3. The van der Waals surface area contributed by atoms with Crippen LogP contribution in [-0.4, -0.2) is 11.3 Å². The van der Waals surface area contributed by atoms with Gasteiger partial charge in [-0.25, -0.2) is 0 Å². The molecule has 8 heteroatoms. The summed E-state index contributed by atoms with van der Waals surface area (Å²) >= 11 is 6.28. The molecule has 0 heterocycles. The van der Waals surface area contributed by atoms with Crippen molar-refractivity contribution >= 4 is 38.1 Å². The normalized spacial score (nSPS) is 11.9. The van der Waals surface area contributed by atoms with Crippen LogP contribution in [0.25, 0.3) is 0 Å². The van der Waals surface area contributed by atoms with Gasteiger partial charge < -0.3 is 9.94 Å². The molecule has 0 unspecified atom stereocenters. The lowest BCUT2D eigenvalue weighted by Gasteiger charge is -2.09. The third-order valence-corrected chi connectivity index (χ3v) is 3.79. The van der Waals surface area contributed by atoms with Crippen molar-refractivity contribution in [2.45, 2.75) is 6.18 Å². The minimum atomic E-state index is -4.52. The van der Waals surface area contributed by atoms with Gasteiger partial charge in [0.25, 0.3) is 0 Å². The predicted octanol–water partition coefficient (Wildman–Crippen LogP) is 5.35. The van der Waals surface area contributed by atoms with Crippen molar-refractivity contribution in [2.24, 2.45) is 5.16 Å². The number of nitrogens with zero attached hydrogens (tertiary/aromatic N) is 1. The summed E-state index contributed by atoms with van der Waals surface area (Å²) in [6, 6.07) is 7.88. The molecule has 2 rings (SSSR count). The highest BCUT2D eigenvalue weighted by Crippen LogP contribution is 2.36. The van der Waals surface area contributed by atoms with Crippen molar-refractivity contribution < 1.29 is 23.1 Å². The molecule has 0 radical (unpaired) electrons. The van der Waals surface area contributed by atoms with Crippen LogP contribution in [0.5, 0.6) is 11.5 Å². The molecule has 2 aromatic rings. The topological polar surface area (TPSA) is 41.8 Å². The lowest BCUT2D eigenvalue weighted by atomic mass is 10.2. The minimum absolute atomic E-state index is 0.0143. The summed E-state index contributed by atoms with van der Waals surface area (Å²) < 4.78 is 39.2. The maximum Gasteiger partial charge on any atom is 0.420 e. The molecule has 0 atom stereocenters. The van der Waals surface area contributed by atoms with E-state index < -0.39 is 11.7 Å². The Hall–Kier alpha value is -1.54. The van der Waals surface area contributed by atoms with Crippen molar-refractivity contribution in [3.8, 4) is 11.5 Å². The van der Waals surface area contributed by atoms with Gasteiger partial charge in [-0.1, -0.05) is 17.3 Å². The number of hydrogen-bond acceptors (Lipinski definition) is 3. The summed E-state index contributed by atoms with van der Waals surface area (Å²) in [5.41, 5.74) is -0.374. The van der Waals surface area contributed by atoms with Crippen molar-refractivity contribution in [3.63, 3.8) is 0 Å². The largest absolute Gasteiger partial charge is 0.506 e. The molecule has 0 aliphatic carbocycles. The highest BCUT2D eigenvalue weighted by Gasteiger charge is 2.34. The van der Waals surface area contributed by atoms with E-state index in [1.165, 1.54) is 24.4 Å². The Morgan fingerprint density at radius 3 is 2.27 bits per heavy atom. The van der Waals surface area contributed by atoms with Gasteiger partial charge in [-0.05, 0) is 61.7 Å². The molecule has 0 bridgehead atoms. The maximum absolute atomic E-state index is 12.8. The Balaban J connectivity index is 2.21. The van der Waals surface area contributed by atoms with Gasteiger partial charge in [0, 0.05) is 0 Å². The fraction of sp³-hybridized carbons (Fsp3) is 0.0714. The second-order valence-corrected chi connectivity index (χ2v) is 5.86. The van der Waals surface area contributed by atoms with E-state index in [0.29, 0.717) is 14.5 Å². The first-order valence-electron chi connectivity index (χ1n) is 5.83. The Bertz CT molecular complexity index is 694. The predicted molar refractivity (Wildman–Crippen MR) is 83.2 cm³/mol. The average molecular weight is 439 g/mol. The zero-order chi connectivity index (χ0) is 16.3. The Kier molecular flexibility index (Phi) is 5.12. The van der Waals surface area contributed by atoms with E-state index >= 15 is 0 Å². The van der Waals surface area contributed by atoms with Crippen LogP contribution in [0.2, 0.25) is 0 Å². The first kappa shape index (κ1) is 16.8. The molecule has 0 aliphatic heterocycles. The molecule has 0 amide bonds. The van der Waals surface area contributed by atoms with E-state index in [-0.39, 0.29) is 11.5 Å². The monoisotopic (exact) mass is 437 g/mol. The number of para-hydroxylation sites is 1. The van der Waals surface area contributed by atoms with Crippen LogP contribution >= 0.6 is 31.9 Å². The van der Waals surface area contributed by atoms with Gasteiger partial charge in [0.05, 0.1) is 15.2 Å². The quantitative estimate of drug-likeness (QED) is 0.518. The average Bonchev–Trinajstić information content (AvgIpc) is 2.44.